The van der Waals surface area contributed by atoms with Gasteiger partial charge in [-0.2, -0.15) is 0 Å². The van der Waals surface area contributed by atoms with Crippen LogP contribution >= 0.6 is 0 Å². The van der Waals surface area contributed by atoms with Crippen LogP contribution in [0.1, 0.15) is 52.0 Å². The largest absolute Gasteiger partial charge is 0.497 e. The van der Waals surface area contributed by atoms with Gasteiger partial charge in [-0.1, -0.05) is 103 Å². The summed E-state index contributed by atoms with van der Waals surface area (Å²) < 4.78 is 19.9. The number of hydrogen-bond acceptors (Lipinski definition) is 8. The van der Waals surface area contributed by atoms with Gasteiger partial charge in [0.2, 0.25) is 0 Å². The van der Waals surface area contributed by atoms with Crippen LogP contribution in [-0.4, -0.2) is 66.9 Å². The highest BCUT2D eigenvalue weighted by Gasteiger charge is 2.66. The van der Waals surface area contributed by atoms with E-state index < -0.39 is 13.7 Å². The molecule has 60 heavy (non-hydrogen) atoms. The van der Waals surface area contributed by atoms with Crippen molar-refractivity contribution in [3.63, 3.8) is 0 Å². The van der Waals surface area contributed by atoms with E-state index in [-0.39, 0.29) is 41.9 Å². The average Bonchev–Trinajstić information content (AvgIpc) is 3.94. The Morgan fingerprint density at radius 3 is 2.28 bits per heavy atom. The summed E-state index contributed by atoms with van der Waals surface area (Å²) in [6, 6.07) is 40.8. The van der Waals surface area contributed by atoms with Gasteiger partial charge in [0, 0.05) is 35.5 Å². The number of aromatic nitrogens is 3. The molecule has 1 unspecified atom stereocenters. The minimum atomic E-state index is -2.38. The molecule has 11 nitrogen and oxygen atoms in total. The van der Waals surface area contributed by atoms with Crippen LogP contribution in [0.3, 0.4) is 0 Å². The first-order chi connectivity index (χ1) is 29.1. The first-order valence-electron chi connectivity index (χ1n) is 20.4. The lowest BCUT2D eigenvalue weighted by Crippen LogP contribution is -2.51. The van der Waals surface area contributed by atoms with Crippen LogP contribution in [0.5, 0.6) is 11.5 Å². The molecular weight excluding hydrogens is 771 g/mol. The lowest BCUT2D eigenvalue weighted by molar-refractivity contribution is -0.146. The molecule has 308 valence electrons. The molecule has 2 aliphatic rings. The van der Waals surface area contributed by atoms with Crippen molar-refractivity contribution < 1.29 is 28.9 Å². The molecule has 1 aromatic heterocycles. The fourth-order valence-electron chi connectivity index (χ4n) is 9.47. The van der Waals surface area contributed by atoms with Crippen molar-refractivity contribution in [2.45, 2.75) is 62.7 Å². The molecule has 0 saturated carbocycles. The van der Waals surface area contributed by atoms with Crippen molar-refractivity contribution in [2.75, 3.05) is 31.0 Å². The van der Waals surface area contributed by atoms with Gasteiger partial charge in [-0.05, 0) is 77.7 Å². The van der Waals surface area contributed by atoms with E-state index in [0.717, 1.165) is 28.1 Å². The zero-order valence-electron chi connectivity index (χ0n) is 34.6. The molecule has 5 aromatic carbocycles. The highest BCUT2D eigenvalue weighted by atomic mass is 28.3. The van der Waals surface area contributed by atoms with Crippen molar-refractivity contribution in [3.05, 3.63) is 162 Å². The lowest BCUT2D eigenvalue weighted by Gasteiger charge is -2.37. The number of aryl methyl sites for hydroxylation is 1. The second kappa shape index (κ2) is 16.9. The fourth-order valence-corrected chi connectivity index (χ4v) is 13.5. The highest BCUT2D eigenvalue weighted by molar-refractivity contribution is 6.91. The molecule has 0 bridgehead atoms. The number of para-hydroxylation sites is 1. The summed E-state index contributed by atoms with van der Waals surface area (Å²) in [6.07, 6.45) is 2.23. The summed E-state index contributed by atoms with van der Waals surface area (Å²) in [6.45, 7) is 7.67. The molecule has 2 amide bonds. The number of anilines is 2. The molecule has 12 heteroatoms. The number of methoxy groups -OCH3 is 2. The zero-order valence-corrected chi connectivity index (χ0v) is 35.6. The smallest absolute Gasteiger partial charge is 0.264 e. The van der Waals surface area contributed by atoms with E-state index in [2.05, 4.69) is 47.8 Å². The van der Waals surface area contributed by atoms with Crippen molar-refractivity contribution in [3.8, 4) is 11.5 Å². The van der Waals surface area contributed by atoms with Crippen LogP contribution in [-0.2, 0) is 28.2 Å². The van der Waals surface area contributed by atoms with Crippen LogP contribution in [0.25, 0.3) is 0 Å². The molecule has 2 aliphatic heterocycles. The topological polar surface area (TPSA) is 128 Å². The van der Waals surface area contributed by atoms with E-state index in [1.165, 1.54) is 5.19 Å². The van der Waals surface area contributed by atoms with E-state index in [0.29, 0.717) is 42.2 Å². The van der Waals surface area contributed by atoms with Gasteiger partial charge in [0.1, 0.15) is 11.5 Å². The Morgan fingerprint density at radius 1 is 0.900 bits per heavy atom. The molecule has 1 saturated heterocycles. The van der Waals surface area contributed by atoms with Crippen molar-refractivity contribution in [1.82, 2.24) is 15.0 Å². The Morgan fingerprint density at radius 2 is 1.58 bits per heavy atom. The van der Waals surface area contributed by atoms with Gasteiger partial charge >= 0.3 is 0 Å². The van der Waals surface area contributed by atoms with Crippen LogP contribution in [0.2, 0.25) is 18.6 Å². The number of fused-ring (bicyclic) bond motifs is 2. The predicted octanol–water partition coefficient (Wildman–Crippen LogP) is 7.52. The minimum Gasteiger partial charge on any atom is -0.497 e. The second-order valence-electron chi connectivity index (χ2n) is 16.3. The van der Waals surface area contributed by atoms with Gasteiger partial charge in [0.25, 0.3) is 11.8 Å². The number of carbonyl (C=O) groups excluding carboxylic acids is 2. The molecule has 5 atom stereocenters. The summed E-state index contributed by atoms with van der Waals surface area (Å²) in [5.41, 5.74) is 4.20. The number of ether oxygens (including phenoxy) is 3. The summed E-state index contributed by atoms with van der Waals surface area (Å²) in [5, 5.41) is 23.6. The number of aliphatic hydroxyl groups excluding tert-OH is 1. The lowest BCUT2D eigenvalue weighted by atomic mass is 9.82. The Bertz CT molecular complexity index is 2460. The monoisotopic (exact) mass is 821 g/mol. The van der Waals surface area contributed by atoms with Crippen LogP contribution < -0.4 is 24.9 Å². The molecule has 3 heterocycles. The third-order valence-electron chi connectivity index (χ3n) is 12.6. The van der Waals surface area contributed by atoms with Gasteiger partial charge < -0.3 is 29.5 Å². The summed E-state index contributed by atoms with van der Waals surface area (Å²) in [4.78, 5) is 30.3. The van der Waals surface area contributed by atoms with Crippen LogP contribution in [0.4, 0.5) is 11.4 Å². The third kappa shape index (κ3) is 7.51. The van der Waals surface area contributed by atoms with E-state index in [9.17, 15) is 9.90 Å². The molecule has 1 spiro atoms. The van der Waals surface area contributed by atoms with E-state index in [4.69, 9.17) is 14.2 Å². The summed E-state index contributed by atoms with van der Waals surface area (Å²) >= 11 is 0. The normalized spacial score (nSPS) is 20.3. The molecule has 0 radical (unpaired) electrons. The van der Waals surface area contributed by atoms with Gasteiger partial charge in [0.15, 0.2) is 5.60 Å². The number of nitrogens with one attached hydrogen (secondary N) is 1. The Balaban J connectivity index is 1.09. The van der Waals surface area contributed by atoms with Gasteiger partial charge in [-0.25, -0.2) is 0 Å². The number of aliphatic hydroxyl groups is 1. The van der Waals surface area contributed by atoms with Crippen LogP contribution in [0, 0.1) is 5.92 Å². The Hall–Kier alpha value is -6.08. The first-order valence-corrected chi connectivity index (χ1v) is 23.5. The summed E-state index contributed by atoms with van der Waals surface area (Å²) in [7, 11) is 0.878. The van der Waals surface area contributed by atoms with Crippen molar-refractivity contribution >= 4 is 36.4 Å². The maximum Gasteiger partial charge on any atom is 0.264 e. The third-order valence-corrected chi connectivity index (χ3v) is 16.9. The number of nitrogens with zero attached hydrogens (tertiary/aromatic N) is 4. The zero-order chi connectivity index (χ0) is 42.0. The van der Waals surface area contributed by atoms with Gasteiger partial charge in [-0.3, -0.25) is 14.3 Å². The summed E-state index contributed by atoms with van der Waals surface area (Å²) in [5.74, 6) is 0.676. The second-order valence-corrected chi connectivity index (χ2v) is 21.0. The van der Waals surface area contributed by atoms with E-state index >= 15 is 4.79 Å². The molecular formula is C48H51N5O6Si. The standard InChI is InChI=1S/C48H51N5O6Si/c1-32-45(60(4,5)39-24-22-38(58-3)23-25-39)44(26-27-52-30-42(50-51-52)40(31-54)34-13-7-6-8-14-34)59-48(32)41-16-9-10-17-43(41)53(47(48)56)29-33-12-11-15-36(28-33)49-46(55)35-18-20-37(57-2)21-19-35/h6-25,28,30,32,40,44-45,54H,26-27,29,31H2,1-5H3,(H,49,55)/t32-,40?,44+,45-,48+/m0/s1. The van der Waals surface area contributed by atoms with E-state index in [1.807, 2.05) is 107 Å². The van der Waals surface area contributed by atoms with Gasteiger partial charge in [0.05, 0.1) is 58.8 Å². The number of rotatable bonds is 14. The van der Waals surface area contributed by atoms with Gasteiger partial charge in [-0.15, -0.1) is 5.10 Å². The molecule has 8 rings (SSSR count). The number of carbonyl (C=O) groups is 2. The van der Waals surface area contributed by atoms with Crippen LogP contribution in [0.15, 0.2) is 134 Å². The average molecular weight is 822 g/mol. The minimum absolute atomic E-state index is 0.0387. The number of benzene rings is 5. The van der Waals surface area contributed by atoms with Crippen molar-refractivity contribution in [1.29, 1.82) is 0 Å². The Kier molecular flexibility index (Phi) is 11.4. The van der Waals surface area contributed by atoms with E-state index in [1.54, 1.807) is 38.5 Å². The quantitative estimate of drug-likeness (QED) is 0.108. The highest BCUT2D eigenvalue weighted by Crippen LogP contribution is 2.60. The maximum atomic E-state index is 15.3. The number of hydrogen-bond donors (Lipinski definition) is 2. The Labute approximate surface area is 351 Å². The number of amides is 2. The molecule has 2 N–H and O–H groups in total. The predicted molar refractivity (Wildman–Crippen MR) is 235 cm³/mol. The molecule has 1 fully saturated rings. The first kappa shape index (κ1) is 40.7. The fraction of sp³-hybridized carbons (Fsp3) is 0.292. The van der Waals surface area contributed by atoms with Crippen molar-refractivity contribution in [2.24, 2.45) is 5.92 Å². The molecule has 6 aromatic rings. The maximum absolute atomic E-state index is 15.3. The molecule has 0 aliphatic carbocycles. The SMILES string of the molecule is COc1ccc(C(=O)Nc2cccc(CN3C(=O)[C@]4(O[C@H](CCn5cc(C(CO)c6ccccc6)nn5)[C@@H]([Si](C)(C)c5ccc(OC)cc5)[C@@H]4C)c4ccccc43)c2)cc1.